The molecule has 3 aromatic carbocycles. The van der Waals surface area contributed by atoms with E-state index < -0.39 is 0 Å². The van der Waals surface area contributed by atoms with Gasteiger partial charge in [0.1, 0.15) is 0 Å². The summed E-state index contributed by atoms with van der Waals surface area (Å²) < 4.78 is 0. The first-order chi connectivity index (χ1) is 27.7. The number of pyridine rings is 6. The molecule has 0 spiro atoms. The summed E-state index contributed by atoms with van der Waals surface area (Å²) in [7, 11) is 0. The predicted octanol–water partition coefficient (Wildman–Crippen LogP) is 11.5. The lowest BCUT2D eigenvalue weighted by molar-refractivity contribution is 1.22. The quantitative estimate of drug-likeness (QED) is 0.144. The van der Waals surface area contributed by atoms with Crippen molar-refractivity contribution < 1.29 is 0 Å². The highest BCUT2D eigenvalue weighted by Gasteiger charge is 2.12. The molecule has 0 bridgehead atoms. The third kappa shape index (κ3) is 7.76. The lowest BCUT2D eigenvalue weighted by Gasteiger charge is -2.12. The van der Waals surface area contributed by atoms with E-state index in [2.05, 4.69) is 128 Å². The molecule has 0 saturated heterocycles. The van der Waals surface area contributed by atoms with Gasteiger partial charge in [0.05, 0.1) is 45.6 Å². The van der Waals surface area contributed by atoms with Crippen LogP contribution in [0.2, 0.25) is 0 Å². The molecule has 9 aromatic rings. The maximum absolute atomic E-state index is 4.90. The summed E-state index contributed by atoms with van der Waals surface area (Å²) in [5.74, 6) is 0. The summed E-state index contributed by atoms with van der Waals surface area (Å²) in [5.41, 5.74) is 14.6. The minimum absolute atomic E-state index is 0.801. The van der Waals surface area contributed by atoms with Crippen LogP contribution in [0, 0.1) is 0 Å². The average Bonchev–Trinajstić information content (AvgIpc) is 3.28. The van der Waals surface area contributed by atoms with Crippen LogP contribution in [0.25, 0.3) is 67.8 Å². The van der Waals surface area contributed by atoms with Crippen LogP contribution in [0.4, 0.5) is 22.7 Å². The third-order valence-electron chi connectivity index (χ3n) is 9.26. The summed E-state index contributed by atoms with van der Waals surface area (Å²) in [4.78, 5) is 28.0. The second-order valence-electron chi connectivity index (χ2n) is 13.1. The van der Waals surface area contributed by atoms with Crippen molar-refractivity contribution in [2.75, 3.05) is 10.6 Å². The Bertz CT molecular complexity index is 2380. The number of hydrogen-bond acceptors (Lipinski definition) is 8. The number of benzene rings is 3. The highest BCUT2D eigenvalue weighted by atomic mass is 14.9. The summed E-state index contributed by atoms with van der Waals surface area (Å²) in [6.45, 7) is 0. The number of hydrogen-bond donors (Lipinski definition) is 2. The van der Waals surface area contributed by atoms with Gasteiger partial charge in [0.2, 0.25) is 0 Å². The Kier molecular flexibility index (Phi) is 9.48. The fourth-order valence-electron chi connectivity index (χ4n) is 6.44. The van der Waals surface area contributed by atoms with Crippen LogP contribution in [0.1, 0.15) is 0 Å². The van der Waals surface area contributed by atoms with Crippen molar-refractivity contribution in [3.05, 3.63) is 195 Å². The van der Waals surface area contributed by atoms with Crippen LogP contribution in [-0.4, -0.2) is 29.9 Å². The van der Waals surface area contributed by atoms with Gasteiger partial charge in [-0.3, -0.25) is 19.9 Å². The molecule has 0 atom stereocenters. The molecule has 8 nitrogen and oxygen atoms in total. The molecule has 6 aromatic heterocycles. The monoisotopic (exact) mass is 722 g/mol. The molecule has 0 radical (unpaired) electrons. The largest absolute Gasteiger partial charge is 0.356 e. The second kappa shape index (κ2) is 15.6. The Hall–Kier alpha value is -7.84. The molecular formula is C48H34N8. The maximum atomic E-state index is 4.90. The molecule has 0 saturated carbocycles. The van der Waals surface area contributed by atoms with Crippen molar-refractivity contribution in [1.82, 2.24) is 29.9 Å². The standard InChI is InChI=1S/C48H34N8/c1-5-25-49-41(9-1)45-29-35(30-46(55-45)42-10-2-6-26-50-42)33-13-17-37(18-14-33)53-39-21-23-40(24-22-39)54-38-19-15-34(16-20-38)36-31-47(43-11-3-7-27-51-43)56-48(32-36)44-12-4-8-28-52-44/h1-32,53-54H. The zero-order valence-corrected chi connectivity index (χ0v) is 30.2. The van der Waals surface area contributed by atoms with Crippen molar-refractivity contribution in [2.24, 2.45) is 0 Å². The third-order valence-corrected chi connectivity index (χ3v) is 9.26. The Morgan fingerprint density at radius 3 is 0.768 bits per heavy atom. The number of rotatable bonds is 10. The zero-order valence-electron chi connectivity index (χ0n) is 30.2. The number of anilines is 4. The van der Waals surface area contributed by atoms with Gasteiger partial charge in [0.25, 0.3) is 0 Å². The molecule has 2 N–H and O–H groups in total. The van der Waals surface area contributed by atoms with Crippen molar-refractivity contribution in [2.45, 2.75) is 0 Å². The van der Waals surface area contributed by atoms with Crippen molar-refractivity contribution >= 4 is 22.7 Å². The van der Waals surface area contributed by atoms with Crippen LogP contribution in [0.3, 0.4) is 0 Å². The molecule has 0 amide bonds. The minimum atomic E-state index is 0.801. The predicted molar refractivity (Wildman–Crippen MR) is 225 cm³/mol. The van der Waals surface area contributed by atoms with E-state index in [0.29, 0.717) is 0 Å². The van der Waals surface area contributed by atoms with E-state index >= 15 is 0 Å². The second-order valence-corrected chi connectivity index (χ2v) is 13.1. The van der Waals surface area contributed by atoms with E-state index in [4.69, 9.17) is 9.97 Å². The van der Waals surface area contributed by atoms with Gasteiger partial charge in [0.15, 0.2) is 0 Å². The summed E-state index contributed by atoms with van der Waals surface area (Å²) in [6.07, 6.45) is 7.14. The van der Waals surface area contributed by atoms with Crippen molar-refractivity contribution in [3.63, 3.8) is 0 Å². The lowest BCUT2D eigenvalue weighted by Crippen LogP contribution is -1.95. The SMILES string of the molecule is c1ccc(-c2cc(-c3ccc(Nc4ccc(Nc5ccc(-c6cc(-c7ccccn7)nc(-c7ccccn7)c6)cc5)cc4)cc3)cc(-c3ccccn3)n2)nc1. The highest BCUT2D eigenvalue weighted by Crippen LogP contribution is 2.32. The van der Waals surface area contributed by atoms with E-state index in [9.17, 15) is 0 Å². The topological polar surface area (TPSA) is 101 Å². The van der Waals surface area contributed by atoms with Crippen LogP contribution in [0.5, 0.6) is 0 Å². The molecule has 56 heavy (non-hydrogen) atoms. The van der Waals surface area contributed by atoms with Crippen molar-refractivity contribution in [1.29, 1.82) is 0 Å². The van der Waals surface area contributed by atoms with E-state index in [1.165, 1.54) is 0 Å². The van der Waals surface area contributed by atoms with Crippen LogP contribution < -0.4 is 10.6 Å². The van der Waals surface area contributed by atoms with Crippen molar-refractivity contribution in [3.8, 4) is 67.8 Å². The Morgan fingerprint density at radius 2 is 0.518 bits per heavy atom. The molecule has 266 valence electrons. The minimum Gasteiger partial charge on any atom is -0.356 e. The fourth-order valence-corrected chi connectivity index (χ4v) is 6.44. The van der Waals surface area contributed by atoms with Gasteiger partial charge in [-0.25, -0.2) is 9.97 Å². The van der Waals surface area contributed by atoms with Crippen LogP contribution >= 0.6 is 0 Å². The molecule has 0 aliphatic rings. The molecular weight excluding hydrogens is 689 g/mol. The van der Waals surface area contributed by atoms with Gasteiger partial charge < -0.3 is 10.6 Å². The normalized spacial score (nSPS) is 10.9. The zero-order chi connectivity index (χ0) is 37.5. The highest BCUT2D eigenvalue weighted by molar-refractivity contribution is 5.78. The van der Waals surface area contributed by atoms with E-state index in [1.807, 2.05) is 72.8 Å². The van der Waals surface area contributed by atoms with Gasteiger partial charge in [-0.2, -0.15) is 0 Å². The molecule has 8 heteroatoms. The van der Waals surface area contributed by atoms with Gasteiger partial charge in [-0.15, -0.1) is 0 Å². The van der Waals surface area contributed by atoms with E-state index in [1.54, 1.807) is 24.8 Å². The molecule has 0 aliphatic carbocycles. The molecule has 6 heterocycles. The van der Waals surface area contributed by atoms with Crippen LogP contribution in [-0.2, 0) is 0 Å². The van der Waals surface area contributed by atoms with Gasteiger partial charge in [0, 0.05) is 47.5 Å². The van der Waals surface area contributed by atoms with Gasteiger partial charge >= 0.3 is 0 Å². The first kappa shape index (κ1) is 34.0. The Labute approximate surface area is 324 Å². The fraction of sp³-hybridized carbons (Fsp3) is 0. The summed E-state index contributed by atoms with van der Waals surface area (Å²) in [5, 5.41) is 7.06. The number of nitrogens with one attached hydrogen (secondary N) is 2. The summed E-state index contributed by atoms with van der Waals surface area (Å²) >= 11 is 0. The smallest absolute Gasteiger partial charge is 0.0900 e. The Balaban J connectivity index is 0.891. The van der Waals surface area contributed by atoms with E-state index in [0.717, 1.165) is 90.6 Å². The molecule has 0 unspecified atom stereocenters. The average molecular weight is 723 g/mol. The van der Waals surface area contributed by atoms with E-state index in [-0.39, 0.29) is 0 Å². The van der Waals surface area contributed by atoms with Gasteiger partial charge in [-0.05, 0) is 144 Å². The van der Waals surface area contributed by atoms with Crippen LogP contribution in [0.15, 0.2) is 195 Å². The molecule has 0 fully saturated rings. The van der Waals surface area contributed by atoms with Gasteiger partial charge in [-0.1, -0.05) is 48.5 Å². The lowest BCUT2D eigenvalue weighted by atomic mass is 10.0. The Morgan fingerprint density at radius 1 is 0.250 bits per heavy atom. The summed E-state index contributed by atoms with van der Waals surface area (Å²) in [6, 6.07) is 56.8. The molecule has 0 aliphatic heterocycles. The maximum Gasteiger partial charge on any atom is 0.0900 e. The first-order valence-electron chi connectivity index (χ1n) is 18.2. The number of nitrogens with zero attached hydrogens (tertiary/aromatic N) is 6. The molecule has 9 rings (SSSR count). The number of aromatic nitrogens is 6. The first-order valence-corrected chi connectivity index (χ1v) is 18.2.